The van der Waals surface area contributed by atoms with Crippen molar-refractivity contribution in [2.24, 2.45) is 35.5 Å². The van der Waals surface area contributed by atoms with Crippen molar-refractivity contribution in [3.05, 3.63) is 0 Å². The lowest BCUT2D eigenvalue weighted by Gasteiger charge is -2.28. The van der Waals surface area contributed by atoms with E-state index in [0.29, 0.717) is 19.1 Å². The zero-order valence-corrected chi connectivity index (χ0v) is 9.31. The van der Waals surface area contributed by atoms with E-state index in [9.17, 15) is 5.11 Å². The molecule has 0 saturated heterocycles. The molecule has 0 aliphatic heterocycles. The molecule has 6 unspecified atom stereocenters. The van der Waals surface area contributed by atoms with Gasteiger partial charge in [-0.15, -0.1) is 0 Å². The number of aliphatic hydroxyl groups excluding tert-OH is 2. The molecule has 3 rings (SSSR count). The summed E-state index contributed by atoms with van der Waals surface area (Å²) in [5.74, 6) is 4.76. The Bertz CT molecular complexity index is 241. The van der Waals surface area contributed by atoms with Crippen molar-refractivity contribution >= 4 is 0 Å². The molecule has 0 heterocycles. The third-order valence-electron chi connectivity index (χ3n) is 5.60. The van der Waals surface area contributed by atoms with Gasteiger partial charge in [-0.1, -0.05) is 0 Å². The van der Waals surface area contributed by atoms with Crippen LogP contribution >= 0.6 is 0 Å². The van der Waals surface area contributed by atoms with Gasteiger partial charge in [-0.2, -0.15) is 0 Å². The van der Waals surface area contributed by atoms with Gasteiger partial charge in [0.1, 0.15) is 0 Å². The van der Waals surface area contributed by atoms with E-state index < -0.39 is 0 Å². The van der Waals surface area contributed by atoms with Crippen LogP contribution in [-0.2, 0) is 0 Å². The van der Waals surface area contributed by atoms with Gasteiger partial charge in [-0.3, -0.25) is 0 Å². The first-order chi connectivity index (χ1) is 7.36. The Hall–Kier alpha value is -0.0800. The van der Waals surface area contributed by atoms with Gasteiger partial charge in [-0.25, -0.2) is 0 Å². The predicted molar refractivity (Wildman–Crippen MR) is 58.2 cm³/mol. The van der Waals surface area contributed by atoms with Gasteiger partial charge in [0.25, 0.3) is 0 Å². The van der Waals surface area contributed by atoms with Gasteiger partial charge in [0.15, 0.2) is 0 Å². The van der Waals surface area contributed by atoms with Crippen LogP contribution in [0.3, 0.4) is 0 Å². The molecule has 3 fully saturated rings. The lowest BCUT2D eigenvalue weighted by Crippen LogP contribution is -2.23. The lowest BCUT2D eigenvalue weighted by atomic mass is 9.77. The molecule has 0 amide bonds. The molecule has 3 aliphatic rings. The van der Waals surface area contributed by atoms with E-state index in [4.69, 9.17) is 5.11 Å². The Morgan fingerprint density at radius 2 is 1.60 bits per heavy atom. The average molecular weight is 210 g/mol. The van der Waals surface area contributed by atoms with Crippen LogP contribution in [-0.4, -0.2) is 23.4 Å². The number of rotatable bonds is 3. The van der Waals surface area contributed by atoms with Crippen LogP contribution in [0, 0.1) is 35.5 Å². The van der Waals surface area contributed by atoms with Gasteiger partial charge in [0, 0.05) is 13.2 Å². The van der Waals surface area contributed by atoms with Crippen LogP contribution in [0.1, 0.15) is 32.1 Å². The van der Waals surface area contributed by atoms with Gasteiger partial charge in [-0.05, 0) is 67.6 Å². The first kappa shape index (κ1) is 10.1. The molecule has 0 radical (unpaired) electrons. The molecule has 2 nitrogen and oxygen atoms in total. The maximum Gasteiger partial charge on any atom is 0.0464 e. The van der Waals surface area contributed by atoms with E-state index in [-0.39, 0.29) is 0 Å². The highest BCUT2D eigenvalue weighted by atomic mass is 16.3. The van der Waals surface area contributed by atoms with E-state index in [1.807, 2.05) is 0 Å². The minimum atomic E-state index is 0.356. The lowest BCUT2D eigenvalue weighted by molar-refractivity contribution is 0.155. The number of aliphatic hydroxyl groups is 2. The minimum Gasteiger partial charge on any atom is -0.396 e. The second kappa shape index (κ2) is 3.74. The molecular weight excluding hydrogens is 188 g/mol. The standard InChI is InChI=1S/C13H22O2/c14-6-5-8-1-2-10-9-3-4-11(13(8)10)12(9)7-15/h8-15H,1-7H2. The maximum absolute atomic E-state index is 9.47. The molecule has 3 saturated carbocycles. The summed E-state index contributed by atoms with van der Waals surface area (Å²) < 4.78 is 0. The fourth-order valence-corrected chi connectivity index (χ4v) is 5.22. The van der Waals surface area contributed by atoms with Crippen LogP contribution in [0.15, 0.2) is 0 Å². The highest BCUT2D eigenvalue weighted by Gasteiger charge is 2.57. The highest BCUT2D eigenvalue weighted by molar-refractivity contribution is 5.06. The molecule has 0 aromatic heterocycles. The number of fused-ring (bicyclic) bond motifs is 5. The normalized spacial score (nSPS) is 52.4. The van der Waals surface area contributed by atoms with E-state index in [0.717, 1.165) is 36.0 Å². The van der Waals surface area contributed by atoms with Crippen LogP contribution in [0.4, 0.5) is 0 Å². The molecular formula is C13H22O2. The third kappa shape index (κ3) is 1.31. The quantitative estimate of drug-likeness (QED) is 0.743. The molecule has 0 aromatic carbocycles. The second-order valence-electron chi connectivity index (χ2n) is 5.84. The Balaban J connectivity index is 1.79. The summed E-state index contributed by atoms with van der Waals surface area (Å²) in [5.41, 5.74) is 0. The predicted octanol–water partition coefficient (Wildman–Crippen LogP) is 1.66. The van der Waals surface area contributed by atoms with E-state index in [2.05, 4.69) is 0 Å². The van der Waals surface area contributed by atoms with Gasteiger partial charge in [0.05, 0.1) is 0 Å². The molecule has 0 aromatic rings. The molecule has 0 spiro atoms. The monoisotopic (exact) mass is 210 g/mol. The van der Waals surface area contributed by atoms with Crippen molar-refractivity contribution in [2.75, 3.05) is 13.2 Å². The van der Waals surface area contributed by atoms with E-state index in [1.165, 1.54) is 25.7 Å². The third-order valence-corrected chi connectivity index (χ3v) is 5.60. The Labute approximate surface area is 91.7 Å². The molecule has 86 valence electrons. The second-order valence-corrected chi connectivity index (χ2v) is 5.84. The first-order valence-corrected chi connectivity index (χ1v) is 6.58. The van der Waals surface area contributed by atoms with Crippen LogP contribution in [0.2, 0.25) is 0 Å². The minimum absolute atomic E-state index is 0.356. The molecule has 2 heteroatoms. The van der Waals surface area contributed by atoms with E-state index >= 15 is 0 Å². The summed E-state index contributed by atoms with van der Waals surface area (Å²) in [7, 11) is 0. The topological polar surface area (TPSA) is 40.5 Å². The summed E-state index contributed by atoms with van der Waals surface area (Å²) in [6.45, 7) is 0.767. The fraction of sp³-hybridized carbons (Fsp3) is 1.00. The summed E-state index contributed by atoms with van der Waals surface area (Å²) in [4.78, 5) is 0. The highest BCUT2D eigenvalue weighted by Crippen LogP contribution is 2.63. The van der Waals surface area contributed by atoms with Crippen LogP contribution in [0.5, 0.6) is 0 Å². The molecule has 15 heavy (non-hydrogen) atoms. The zero-order chi connectivity index (χ0) is 10.4. The van der Waals surface area contributed by atoms with E-state index in [1.54, 1.807) is 0 Å². The first-order valence-electron chi connectivity index (χ1n) is 6.58. The fourth-order valence-electron chi connectivity index (χ4n) is 5.22. The van der Waals surface area contributed by atoms with Crippen molar-refractivity contribution in [1.82, 2.24) is 0 Å². The Morgan fingerprint density at radius 1 is 0.867 bits per heavy atom. The zero-order valence-electron chi connectivity index (χ0n) is 9.31. The summed E-state index contributed by atoms with van der Waals surface area (Å²) >= 11 is 0. The Kier molecular flexibility index (Phi) is 2.52. The van der Waals surface area contributed by atoms with Gasteiger partial charge < -0.3 is 10.2 Å². The van der Waals surface area contributed by atoms with Crippen molar-refractivity contribution in [3.8, 4) is 0 Å². The van der Waals surface area contributed by atoms with Crippen molar-refractivity contribution in [1.29, 1.82) is 0 Å². The maximum atomic E-state index is 9.47. The van der Waals surface area contributed by atoms with Crippen molar-refractivity contribution < 1.29 is 10.2 Å². The molecule has 3 aliphatic carbocycles. The SMILES string of the molecule is OCCC1CCC2C3CCC(C3CO)C12. The largest absolute Gasteiger partial charge is 0.396 e. The average Bonchev–Trinajstić information content (AvgIpc) is 2.88. The molecule has 6 atom stereocenters. The van der Waals surface area contributed by atoms with Gasteiger partial charge in [0.2, 0.25) is 0 Å². The molecule has 2 bridgehead atoms. The van der Waals surface area contributed by atoms with Gasteiger partial charge >= 0.3 is 0 Å². The van der Waals surface area contributed by atoms with Crippen molar-refractivity contribution in [3.63, 3.8) is 0 Å². The van der Waals surface area contributed by atoms with Crippen LogP contribution < -0.4 is 0 Å². The Morgan fingerprint density at radius 3 is 2.33 bits per heavy atom. The molecule has 2 N–H and O–H groups in total. The number of hydrogen-bond donors (Lipinski definition) is 2. The summed E-state index contributed by atoms with van der Waals surface area (Å²) in [6.07, 6.45) is 6.42. The van der Waals surface area contributed by atoms with Crippen molar-refractivity contribution in [2.45, 2.75) is 32.1 Å². The number of hydrogen-bond acceptors (Lipinski definition) is 2. The smallest absolute Gasteiger partial charge is 0.0464 e. The summed E-state index contributed by atoms with van der Waals surface area (Å²) in [6, 6.07) is 0. The summed E-state index contributed by atoms with van der Waals surface area (Å²) in [5, 5.41) is 18.6. The van der Waals surface area contributed by atoms with Crippen LogP contribution in [0.25, 0.3) is 0 Å².